The van der Waals surface area contributed by atoms with Gasteiger partial charge in [-0.25, -0.2) is 14.0 Å². The van der Waals surface area contributed by atoms with Crippen LogP contribution in [0.5, 0.6) is 5.75 Å². The zero-order valence-corrected chi connectivity index (χ0v) is 23.7. The molecule has 41 heavy (non-hydrogen) atoms. The van der Waals surface area contributed by atoms with Gasteiger partial charge in [0.15, 0.2) is 0 Å². The van der Waals surface area contributed by atoms with E-state index in [0.29, 0.717) is 43.0 Å². The number of ether oxygens (including phenoxy) is 2. The lowest BCUT2D eigenvalue weighted by Crippen LogP contribution is -2.52. The zero-order chi connectivity index (χ0) is 29.3. The van der Waals surface area contributed by atoms with Crippen molar-refractivity contribution in [1.82, 2.24) is 14.8 Å². The Kier molecular flexibility index (Phi) is 7.70. The molecule has 3 heterocycles. The third kappa shape index (κ3) is 5.89. The normalized spacial score (nSPS) is 16.4. The van der Waals surface area contributed by atoms with Crippen LogP contribution in [0.2, 0.25) is 0 Å². The molecule has 2 aliphatic rings. The molecule has 3 aromatic rings. The fourth-order valence-electron chi connectivity index (χ4n) is 5.14. The Labute approximate surface area is 238 Å². The second kappa shape index (κ2) is 11.2. The van der Waals surface area contributed by atoms with Crippen molar-refractivity contribution in [2.45, 2.75) is 39.3 Å². The first-order valence-corrected chi connectivity index (χ1v) is 13.6. The van der Waals surface area contributed by atoms with E-state index in [1.165, 1.54) is 22.1 Å². The van der Waals surface area contributed by atoms with Gasteiger partial charge in [-0.3, -0.25) is 19.6 Å². The molecule has 10 nitrogen and oxygen atoms in total. The van der Waals surface area contributed by atoms with Crippen LogP contribution in [-0.2, 0) is 16.1 Å². The van der Waals surface area contributed by atoms with Crippen molar-refractivity contribution in [1.29, 1.82) is 0 Å². The van der Waals surface area contributed by atoms with Crippen LogP contribution in [0, 0.1) is 5.82 Å². The molecule has 2 aromatic carbocycles. The molecule has 2 saturated heterocycles. The lowest BCUT2D eigenvalue weighted by molar-refractivity contribution is -0.129. The number of carbonyl (C=O) groups is 3. The van der Waals surface area contributed by atoms with Gasteiger partial charge in [0.1, 0.15) is 17.2 Å². The predicted octanol–water partition coefficient (Wildman–Crippen LogP) is 4.80. The molecule has 1 aromatic heterocycles. The molecule has 0 saturated carbocycles. The van der Waals surface area contributed by atoms with E-state index in [-0.39, 0.29) is 36.9 Å². The minimum atomic E-state index is -0.579. The number of rotatable bonds is 5. The molecule has 0 atom stereocenters. The van der Waals surface area contributed by atoms with Crippen LogP contribution in [0.4, 0.5) is 25.4 Å². The zero-order valence-electron chi connectivity index (χ0n) is 23.7. The molecule has 0 bridgehead atoms. The number of nitrogens with zero attached hydrogens (tertiary/aromatic N) is 5. The van der Waals surface area contributed by atoms with Gasteiger partial charge in [0.2, 0.25) is 5.91 Å². The van der Waals surface area contributed by atoms with Crippen LogP contribution < -0.4 is 14.5 Å². The highest BCUT2D eigenvalue weighted by Crippen LogP contribution is 2.36. The number of methoxy groups -OCH3 is 1. The molecule has 0 unspecified atom stereocenters. The highest BCUT2D eigenvalue weighted by Gasteiger charge is 2.35. The number of amides is 4. The van der Waals surface area contributed by atoms with Crippen LogP contribution in [-0.4, -0.2) is 78.2 Å². The Balaban J connectivity index is 1.40. The lowest BCUT2D eigenvalue weighted by atomic mass is 10.1. The molecule has 2 aliphatic heterocycles. The number of anilines is 2. The Morgan fingerprint density at radius 3 is 2.32 bits per heavy atom. The summed E-state index contributed by atoms with van der Waals surface area (Å²) in [6, 6.07) is 9.69. The average Bonchev–Trinajstić information content (AvgIpc) is 2.95. The minimum absolute atomic E-state index is 0.0893. The monoisotopic (exact) mass is 563 g/mol. The van der Waals surface area contributed by atoms with Gasteiger partial charge in [-0.2, -0.15) is 0 Å². The summed E-state index contributed by atoms with van der Waals surface area (Å²) in [5.41, 5.74) is 1.26. The van der Waals surface area contributed by atoms with Gasteiger partial charge < -0.3 is 19.3 Å². The van der Waals surface area contributed by atoms with Gasteiger partial charge in [0, 0.05) is 61.8 Å². The summed E-state index contributed by atoms with van der Waals surface area (Å²) in [7, 11) is 1.57. The van der Waals surface area contributed by atoms with E-state index in [0.717, 1.165) is 11.3 Å². The van der Waals surface area contributed by atoms with Gasteiger partial charge in [-0.15, -0.1) is 0 Å². The molecular formula is C30H34FN5O5. The topological polar surface area (TPSA) is 95.5 Å². The van der Waals surface area contributed by atoms with E-state index in [2.05, 4.69) is 9.88 Å². The van der Waals surface area contributed by atoms with Crippen LogP contribution in [0.3, 0.4) is 0 Å². The fraction of sp³-hybridized carbons (Fsp3) is 0.400. The number of fused-ring (bicyclic) bond motifs is 1. The maximum Gasteiger partial charge on any atom is 0.410 e. The van der Waals surface area contributed by atoms with Crippen molar-refractivity contribution in [3.8, 4) is 5.75 Å². The molecule has 2 fully saturated rings. The van der Waals surface area contributed by atoms with Crippen molar-refractivity contribution >= 4 is 40.2 Å². The largest absolute Gasteiger partial charge is 0.497 e. The van der Waals surface area contributed by atoms with E-state index < -0.39 is 17.4 Å². The quantitative estimate of drug-likeness (QED) is 0.440. The summed E-state index contributed by atoms with van der Waals surface area (Å²) >= 11 is 0. The molecule has 0 aliphatic carbocycles. The van der Waals surface area contributed by atoms with Gasteiger partial charge in [0.05, 0.1) is 25.5 Å². The number of pyridine rings is 1. The van der Waals surface area contributed by atoms with Crippen LogP contribution in [0.25, 0.3) is 10.8 Å². The van der Waals surface area contributed by atoms with Crippen LogP contribution >= 0.6 is 0 Å². The van der Waals surface area contributed by atoms with E-state index in [4.69, 9.17) is 9.47 Å². The Morgan fingerprint density at radius 1 is 0.951 bits per heavy atom. The maximum atomic E-state index is 15.4. The SMILES string of the molecule is COc1ccc(CN2C(=O)CCN(c3cncc4c(N5CCN(C(=O)OC(C)(C)C)CC5)ccc(F)c34)C2=O)cc1. The van der Waals surface area contributed by atoms with E-state index in [1.54, 1.807) is 48.5 Å². The molecule has 0 radical (unpaired) electrons. The fourth-order valence-corrected chi connectivity index (χ4v) is 5.14. The molecule has 0 spiro atoms. The lowest BCUT2D eigenvalue weighted by Gasteiger charge is -2.37. The molecule has 216 valence electrons. The standard InChI is InChI=1S/C30H34FN5O5/c1-30(2,3)41-29(39)34-15-13-33(14-16-34)24-10-9-23(31)27-22(24)17-32-18-25(27)35-12-11-26(37)36(28(35)38)19-20-5-7-21(40-4)8-6-20/h5-10,17-18H,11-16,19H2,1-4H3. The number of hydrogen-bond donors (Lipinski definition) is 0. The smallest absolute Gasteiger partial charge is 0.410 e. The summed E-state index contributed by atoms with van der Waals surface area (Å²) in [6.07, 6.45) is 2.80. The van der Waals surface area contributed by atoms with Crippen molar-refractivity contribution < 1.29 is 28.2 Å². The van der Waals surface area contributed by atoms with E-state index >= 15 is 4.39 Å². The van der Waals surface area contributed by atoms with Crippen molar-refractivity contribution in [2.24, 2.45) is 0 Å². The van der Waals surface area contributed by atoms with Crippen molar-refractivity contribution in [3.63, 3.8) is 0 Å². The predicted molar refractivity (Wildman–Crippen MR) is 153 cm³/mol. The van der Waals surface area contributed by atoms with Gasteiger partial charge >= 0.3 is 12.1 Å². The van der Waals surface area contributed by atoms with Crippen molar-refractivity contribution in [2.75, 3.05) is 49.6 Å². The molecule has 5 rings (SSSR count). The second-order valence-corrected chi connectivity index (χ2v) is 11.1. The first-order chi connectivity index (χ1) is 19.6. The highest BCUT2D eigenvalue weighted by atomic mass is 19.1. The Hall–Kier alpha value is -4.41. The second-order valence-electron chi connectivity index (χ2n) is 11.1. The van der Waals surface area contributed by atoms with Crippen molar-refractivity contribution in [3.05, 3.63) is 60.2 Å². The van der Waals surface area contributed by atoms with E-state index in [9.17, 15) is 14.4 Å². The third-order valence-corrected chi connectivity index (χ3v) is 7.20. The van der Waals surface area contributed by atoms with Crippen LogP contribution in [0.1, 0.15) is 32.8 Å². The average molecular weight is 564 g/mol. The number of imide groups is 1. The molecular weight excluding hydrogens is 529 g/mol. The number of piperazine rings is 1. The number of hydrogen-bond acceptors (Lipinski definition) is 7. The molecule has 11 heteroatoms. The molecule has 0 N–H and O–H groups in total. The summed E-state index contributed by atoms with van der Waals surface area (Å²) in [6.45, 7) is 7.66. The maximum absolute atomic E-state index is 15.4. The first-order valence-electron chi connectivity index (χ1n) is 13.6. The number of carbonyl (C=O) groups excluding carboxylic acids is 3. The Morgan fingerprint density at radius 2 is 1.66 bits per heavy atom. The van der Waals surface area contributed by atoms with Crippen LogP contribution in [0.15, 0.2) is 48.8 Å². The Bertz CT molecular complexity index is 1460. The third-order valence-electron chi connectivity index (χ3n) is 7.20. The highest BCUT2D eigenvalue weighted by molar-refractivity contribution is 6.11. The number of urea groups is 1. The minimum Gasteiger partial charge on any atom is -0.497 e. The summed E-state index contributed by atoms with van der Waals surface area (Å²) in [5.74, 6) is -0.106. The first kappa shape index (κ1) is 28.1. The van der Waals surface area contributed by atoms with Gasteiger partial charge in [0.25, 0.3) is 0 Å². The number of benzene rings is 2. The summed E-state index contributed by atoms with van der Waals surface area (Å²) in [4.78, 5) is 49.6. The molecule has 4 amide bonds. The number of aromatic nitrogens is 1. The van der Waals surface area contributed by atoms with Gasteiger partial charge in [-0.1, -0.05) is 12.1 Å². The summed E-state index contributed by atoms with van der Waals surface area (Å²) in [5, 5.41) is 0.818. The summed E-state index contributed by atoms with van der Waals surface area (Å²) < 4.78 is 26.1. The number of halogens is 1. The van der Waals surface area contributed by atoms with Gasteiger partial charge in [-0.05, 0) is 50.6 Å². The van der Waals surface area contributed by atoms with E-state index in [1.807, 2.05) is 20.8 Å².